The van der Waals surface area contributed by atoms with Crippen LogP contribution in [0.2, 0.25) is 0 Å². The SMILES string of the molecule is CC1CC(c2ncc(-c3nc(Nc4ccc(CN5CCCC(CO)C5)nc4)ncc3F)[nH]2)CCO1. The standard InChI is InChI=1S/C25H32FN7O2/c1-16-9-18(6-8-35-16)24-28-12-22(31-24)23-21(26)11-29-25(32-23)30-19-4-5-20(27-10-19)14-33-7-2-3-17(13-33)15-34/h4-5,10-12,16-18,34H,2-3,6-9,13-15H2,1H3,(H,28,31)(H,29,30,32). The summed E-state index contributed by atoms with van der Waals surface area (Å²) in [4.78, 5) is 23.1. The lowest BCUT2D eigenvalue weighted by Crippen LogP contribution is -2.36. The van der Waals surface area contributed by atoms with Crippen molar-refractivity contribution >= 4 is 11.6 Å². The molecule has 0 spiro atoms. The van der Waals surface area contributed by atoms with Crippen molar-refractivity contribution in [3.05, 3.63) is 48.1 Å². The van der Waals surface area contributed by atoms with Crippen molar-refractivity contribution in [1.82, 2.24) is 29.8 Å². The predicted octanol–water partition coefficient (Wildman–Crippen LogP) is 3.63. The molecule has 0 amide bonds. The molecule has 2 saturated heterocycles. The third-order valence-electron chi connectivity index (χ3n) is 6.79. The average molecular weight is 482 g/mol. The maximum Gasteiger partial charge on any atom is 0.228 e. The number of nitrogens with one attached hydrogen (secondary N) is 2. The van der Waals surface area contributed by atoms with Crippen molar-refractivity contribution in [1.29, 1.82) is 0 Å². The lowest BCUT2D eigenvalue weighted by molar-refractivity contribution is 0.0174. The van der Waals surface area contributed by atoms with E-state index in [1.54, 1.807) is 12.4 Å². The number of ether oxygens (including phenoxy) is 1. The molecule has 186 valence electrons. The van der Waals surface area contributed by atoms with Gasteiger partial charge in [0.05, 0.1) is 41.8 Å². The molecule has 9 nitrogen and oxygen atoms in total. The monoisotopic (exact) mass is 481 g/mol. The molecule has 3 atom stereocenters. The van der Waals surface area contributed by atoms with Crippen LogP contribution >= 0.6 is 0 Å². The summed E-state index contributed by atoms with van der Waals surface area (Å²) in [5, 5.41) is 12.6. The minimum atomic E-state index is -0.512. The fourth-order valence-electron chi connectivity index (χ4n) is 4.92. The number of aliphatic hydroxyl groups excluding tert-OH is 1. The minimum absolute atomic E-state index is 0.175. The lowest BCUT2D eigenvalue weighted by Gasteiger charge is -2.31. The van der Waals surface area contributed by atoms with Gasteiger partial charge in [0.25, 0.3) is 0 Å². The van der Waals surface area contributed by atoms with Crippen molar-refractivity contribution < 1.29 is 14.2 Å². The van der Waals surface area contributed by atoms with Crippen LogP contribution in [-0.4, -0.2) is 67.3 Å². The van der Waals surface area contributed by atoms with Gasteiger partial charge in [-0.15, -0.1) is 0 Å². The number of halogens is 1. The van der Waals surface area contributed by atoms with Gasteiger partial charge in [-0.1, -0.05) is 0 Å². The number of pyridine rings is 1. The van der Waals surface area contributed by atoms with Gasteiger partial charge >= 0.3 is 0 Å². The molecule has 0 saturated carbocycles. The number of imidazole rings is 1. The van der Waals surface area contributed by atoms with Crippen LogP contribution in [0.3, 0.4) is 0 Å². The zero-order valence-electron chi connectivity index (χ0n) is 20.0. The number of nitrogens with zero attached hydrogens (tertiary/aromatic N) is 5. The maximum absolute atomic E-state index is 14.6. The van der Waals surface area contributed by atoms with Gasteiger partial charge in [0.15, 0.2) is 5.82 Å². The minimum Gasteiger partial charge on any atom is -0.396 e. The summed E-state index contributed by atoms with van der Waals surface area (Å²) in [5.74, 6) is 1.22. The van der Waals surface area contributed by atoms with Gasteiger partial charge in [-0.3, -0.25) is 9.88 Å². The number of likely N-dealkylation sites (tertiary alicyclic amines) is 1. The number of aliphatic hydroxyl groups is 1. The average Bonchev–Trinajstić information content (AvgIpc) is 3.37. The van der Waals surface area contributed by atoms with Crippen LogP contribution in [0.4, 0.5) is 16.0 Å². The Balaban J connectivity index is 1.25. The molecule has 3 unspecified atom stereocenters. The molecular weight excluding hydrogens is 449 g/mol. The third-order valence-corrected chi connectivity index (χ3v) is 6.79. The Kier molecular flexibility index (Phi) is 7.31. The van der Waals surface area contributed by atoms with Crippen molar-refractivity contribution in [2.24, 2.45) is 5.92 Å². The van der Waals surface area contributed by atoms with Crippen LogP contribution in [0, 0.1) is 11.7 Å². The van der Waals surface area contributed by atoms with Gasteiger partial charge in [-0.2, -0.15) is 0 Å². The van der Waals surface area contributed by atoms with Crippen molar-refractivity contribution in [3.8, 4) is 11.4 Å². The molecule has 35 heavy (non-hydrogen) atoms. The molecule has 5 heterocycles. The van der Waals surface area contributed by atoms with Gasteiger partial charge in [0, 0.05) is 32.2 Å². The molecule has 2 aliphatic heterocycles. The Bertz CT molecular complexity index is 1120. The second-order valence-electron chi connectivity index (χ2n) is 9.56. The molecule has 3 aromatic rings. The number of hydrogen-bond donors (Lipinski definition) is 3. The maximum atomic E-state index is 14.6. The summed E-state index contributed by atoms with van der Waals surface area (Å²) < 4.78 is 20.2. The van der Waals surface area contributed by atoms with Crippen LogP contribution < -0.4 is 5.32 Å². The summed E-state index contributed by atoms with van der Waals surface area (Å²) in [6, 6.07) is 3.88. The second-order valence-corrected chi connectivity index (χ2v) is 9.56. The highest BCUT2D eigenvalue weighted by molar-refractivity contribution is 5.59. The molecule has 0 aromatic carbocycles. The largest absolute Gasteiger partial charge is 0.396 e. The highest BCUT2D eigenvalue weighted by Gasteiger charge is 2.24. The Morgan fingerprint density at radius 2 is 2.11 bits per heavy atom. The summed E-state index contributed by atoms with van der Waals surface area (Å²) in [7, 11) is 0. The molecule has 0 radical (unpaired) electrons. The smallest absolute Gasteiger partial charge is 0.228 e. The molecular formula is C25H32FN7O2. The molecule has 2 aliphatic rings. The fourth-order valence-corrected chi connectivity index (χ4v) is 4.92. The molecule has 0 aliphatic carbocycles. The second kappa shape index (κ2) is 10.8. The van der Waals surface area contributed by atoms with Gasteiger partial charge in [0.2, 0.25) is 5.95 Å². The van der Waals surface area contributed by atoms with Crippen LogP contribution in [-0.2, 0) is 11.3 Å². The van der Waals surface area contributed by atoms with E-state index < -0.39 is 5.82 Å². The lowest BCUT2D eigenvalue weighted by atomic mass is 9.96. The molecule has 5 rings (SSSR count). The third kappa shape index (κ3) is 5.83. The molecule has 0 bridgehead atoms. The van der Waals surface area contributed by atoms with Crippen molar-refractivity contribution in [2.75, 3.05) is 31.6 Å². The van der Waals surface area contributed by atoms with Crippen LogP contribution in [0.1, 0.15) is 50.0 Å². The Morgan fingerprint density at radius 3 is 2.91 bits per heavy atom. The normalized spacial score (nSPS) is 23.3. The van der Waals surface area contributed by atoms with E-state index in [2.05, 4.69) is 42.1 Å². The summed E-state index contributed by atoms with van der Waals surface area (Å²) in [6.07, 6.45) is 8.66. The number of hydrogen-bond acceptors (Lipinski definition) is 8. The Labute approximate surface area is 204 Å². The predicted molar refractivity (Wildman–Crippen MR) is 130 cm³/mol. The highest BCUT2D eigenvalue weighted by atomic mass is 19.1. The topological polar surface area (TPSA) is 112 Å². The Hall–Kier alpha value is -2.95. The van der Waals surface area contributed by atoms with E-state index in [0.29, 0.717) is 18.2 Å². The van der Waals surface area contributed by atoms with E-state index in [1.165, 1.54) is 0 Å². The van der Waals surface area contributed by atoms with E-state index in [0.717, 1.165) is 68.7 Å². The first-order chi connectivity index (χ1) is 17.1. The Morgan fingerprint density at radius 1 is 1.20 bits per heavy atom. The van der Waals surface area contributed by atoms with Gasteiger partial charge in [-0.05, 0) is 57.2 Å². The zero-order valence-corrected chi connectivity index (χ0v) is 20.0. The number of anilines is 2. The number of aromatic amines is 1. The number of piperidine rings is 1. The van der Waals surface area contributed by atoms with Crippen molar-refractivity contribution in [2.45, 2.75) is 51.2 Å². The summed E-state index contributed by atoms with van der Waals surface area (Å²) in [5.41, 5.74) is 2.38. The summed E-state index contributed by atoms with van der Waals surface area (Å²) >= 11 is 0. The van der Waals surface area contributed by atoms with Gasteiger partial charge in [-0.25, -0.2) is 19.3 Å². The molecule has 2 fully saturated rings. The van der Waals surface area contributed by atoms with E-state index in [9.17, 15) is 9.50 Å². The number of H-pyrrole nitrogens is 1. The van der Waals surface area contributed by atoms with E-state index >= 15 is 0 Å². The van der Waals surface area contributed by atoms with Gasteiger partial charge in [0.1, 0.15) is 11.5 Å². The molecule has 3 N–H and O–H groups in total. The van der Waals surface area contributed by atoms with Crippen LogP contribution in [0.5, 0.6) is 0 Å². The van der Waals surface area contributed by atoms with Crippen molar-refractivity contribution in [3.63, 3.8) is 0 Å². The quantitative estimate of drug-likeness (QED) is 0.469. The first-order valence-electron chi connectivity index (χ1n) is 12.3. The first-order valence-corrected chi connectivity index (χ1v) is 12.3. The number of aromatic nitrogens is 5. The molecule has 10 heteroatoms. The van der Waals surface area contributed by atoms with Crippen LogP contribution in [0.25, 0.3) is 11.4 Å². The van der Waals surface area contributed by atoms with E-state index in [1.807, 2.05) is 12.1 Å². The molecule has 3 aromatic heterocycles. The first kappa shape index (κ1) is 23.8. The van der Waals surface area contributed by atoms with Crippen LogP contribution in [0.15, 0.2) is 30.7 Å². The van der Waals surface area contributed by atoms with E-state index in [-0.39, 0.29) is 30.3 Å². The zero-order chi connectivity index (χ0) is 24.2. The highest BCUT2D eigenvalue weighted by Crippen LogP contribution is 2.30. The van der Waals surface area contributed by atoms with E-state index in [4.69, 9.17) is 4.74 Å². The fraction of sp³-hybridized carbons (Fsp3) is 0.520. The van der Waals surface area contributed by atoms with Gasteiger partial charge < -0.3 is 20.1 Å². The summed E-state index contributed by atoms with van der Waals surface area (Å²) in [6.45, 7) is 5.66. The number of rotatable bonds is 7.